The highest BCUT2D eigenvalue weighted by Crippen LogP contribution is 2.29. The molecule has 1 aliphatic rings. The molecule has 0 radical (unpaired) electrons. The maximum absolute atomic E-state index is 11.7. The van der Waals surface area contributed by atoms with Crippen LogP contribution in [-0.2, 0) is 13.0 Å². The highest BCUT2D eigenvalue weighted by Gasteiger charge is 2.28. The number of aryl methyl sites for hydroxylation is 4. The fourth-order valence-corrected chi connectivity index (χ4v) is 5.64. The molecule has 3 heterocycles. The Morgan fingerprint density at radius 2 is 1.84 bits per heavy atom. The van der Waals surface area contributed by atoms with Gasteiger partial charge in [-0.15, -0.1) is 0 Å². The molecule has 1 aromatic carbocycles. The van der Waals surface area contributed by atoms with E-state index in [4.69, 9.17) is 10.5 Å². The van der Waals surface area contributed by atoms with Crippen molar-refractivity contribution in [3.8, 4) is 5.75 Å². The minimum atomic E-state index is -0.405. The molecular formula is C31H41N5O2. The molecular weight excluding hydrogens is 474 g/mol. The summed E-state index contributed by atoms with van der Waals surface area (Å²) in [5, 5.41) is 0. The Morgan fingerprint density at radius 3 is 2.45 bits per heavy atom. The van der Waals surface area contributed by atoms with Crippen LogP contribution in [0.25, 0.3) is 0 Å². The van der Waals surface area contributed by atoms with Crippen molar-refractivity contribution in [2.24, 2.45) is 5.73 Å². The summed E-state index contributed by atoms with van der Waals surface area (Å²) >= 11 is 0. The van der Waals surface area contributed by atoms with Crippen LogP contribution in [0.2, 0.25) is 0 Å². The number of hydrogen-bond acceptors (Lipinski definition) is 6. The Kier molecular flexibility index (Phi) is 9.00. The predicted octanol–water partition coefficient (Wildman–Crippen LogP) is 5.00. The monoisotopic (exact) mass is 515 g/mol. The zero-order valence-corrected chi connectivity index (χ0v) is 23.4. The van der Waals surface area contributed by atoms with Gasteiger partial charge < -0.3 is 20.3 Å². The van der Waals surface area contributed by atoms with Gasteiger partial charge in [0.25, 0.3) is 5.91 Å². The van der Waals surface area contributed by atoms with Crippen LogP contribution in [0.4, 0.5) is 5.69 Å². The Bertz CT molecular complexity index is 1210. The standard InChI is InChI=1S/C31H41N5O2/c1-21-12-15-33-19-25(21)20-36(27-8-10-29(38-5)11-9-27)28-13-16-35(17-14-28)23(3)6-7-26-18-22(2)30(31(32)37)24(4)34-26/h8-12,15,18-19,23,28H,6-7,13-14,16-17,20H2,1-5H3,(H2,32,37)/t23-/m0/s1. The minimum absolute atomic E-state index is 0.405. The molecule has 2 aromatic heterocycles. The minimum Gasteiger partial charge on any atom is -0.497 e. The van der Waals surface area contributed by atoms with Crippen molar-refractivity contribution in [2.75, 3.05) is 25.1 Å². The zero-order valence-electron chi connectivity index (χ0n) is 23.4. The summed E-state index contributed by atoms with van der Waals surface area (Å²) in [5.74, 6) is 0.469. The number of carbonyl (C=O) groups excluding carboxylic acids is 1. The van der Waals surface area contributed by atoms with E-state index >= 15 is 0 Å². The number of aromatic nitrogens is 2. The molecule has 7 heteroatoms. The second kappa shape index (κ2) is 12.4. The lowest BCUT2D eigenvalue weighted by Gasteiger charge is -2.42. The number of hydrogen-bond donors (Lipinski definition) is 1. The molecule has 0 unspecified atom stereocenters. The van der Waals surface area contributed by atoms with Gasteiger partial charge in [0.2, 0.25) is 0 Å². The number of ether oxygens (including phenoxy) is 1. The molecule has 2 N–H and O–H groups in total. The van der Waals surface area contributed by atoms with E-state index in [0.29, 0.717) is 17.6 Å². The second-order valence-electron chi connectivity index (χ2n) is 10.5. The van der Waals surface area contributed by atoms with Crippen LogP contribution in [-0.4, -0.2) is 53.1 Å². The lowest BCUT2D eigenvalue weighted by atomic mass is 9.98. The summed E-state index contributed by atoms with van der Waals surface area (Å²) in [4.78, 5) is 25.9. The third-order valence-electron chi connectivity index (χ3n) is 7.97. The number of pyridine rings is 2. The maximum Gasteiger partial charge on any atom is 0.250 e. The van der Waals surface area contributed by atoms with Crippen LogP contribution in [0.3, 0.4) is 0 Å². The highest BCUT2D eigenvalue weighted by molar-refractivity contribution is 5.95. The van der Waals surface area contributed by atoms with Gasteiger partial charge in [0.15, 0.2) is 0 Å². The zero-order chi connectivity index (χ0) is 27.2. The van der Waals surface area contributed by atoms with E-state index in [1.165, 1.54) is 16.8 Å². The number of nitrogens with two attached hydrogens (primary N) is 1. The van der Waals surface area contributed by atoms with E-state index in [1.54, 1.807) is 7.11 Å². The summed E-state index contributed by atoms with van der Waals surface area (Å²) in [6.07, 6.45) is 8.00. The molecule has 38 heavy (non-hydrogen) atoms. The van der Waals surface area contributed by atoms with Gasteiger partial charge in [0, 0.05) is 55.5 Å². The fraction of sp³-hybridized carbons (Fsp3) is 0.452. The van der Waals surface area contributed by atoms with Crippen molar-refractivity contribution in [3.05, 3.63) is 82.4 Å². The number of amides is 1. The van der Waals surface area contributed by atoms with E-state index in [1.807, 2.05) is 44.4 Å². The summed E-state index contributed by atoms with van der Waals surface area (Å²) < 4.78 is 5.40. The molecule has 202 valence electrons. The number of methoxy groups -OCH3 is 1. The Hall–Kier alpha value is -3.45. The van der Waals surface area contributed by atoms with Crippen molar-refractivity contribution < 1.29 is 9.53 Å². The van der Waals surface area contributed by atoms with Crippen LogP contribution in [0.15, 0.2) is 48.8 Å². The highest BCUT2D eigenvalue weighted by atomic mass is 16.5. The van der Waals surface area contributed by atoms with Gasteiger partial charge in [0.1, 0.15) is 5.75 Å². The van der Waals surface area contributed by atoms with Crippen LogP contribution < -0.4 is 15.4 Å². The predicted molar refractivity (Wildman–Crippen MR) is 153 cm³/mol. The average Bonchev–Trinajstić information content (AvgIpc) is 2.91. The third kappa shape index (κ3) is 6.51. The van der Waals surface area contributed by atoms with Crippen molar-refractivity contribution in [2.45, 2.75) is 72.0 Å². The van der Waals surface area contributed by atoms with Crippen LogP contribution in [0.5, 0.6) is 5.75 Å². The van der Waals surface area contributed by atoms with Gasteiger partial charge in [-0.25, -0.2) is 0 Å². The van der Waals surface area contributed by atoms with Gasteiger partial charge in [0.05, 0.1) is 18.4 Å². The quantitative estimate of drug-likeness (QED) is 0.409. The number of primary amides is 1. The Morgan fingerprint density at radius 1 is 1.13 bits per heavy atom. The number of anilines is 1. The maximum atomic E-state index is 11.7. The summed E-state index contributed by atoms with van der Waals surface area (Å²) in [6, 6.07) is 13.4. The lowest BCUT2D eigenvalue weighted by molar-refractivity contribution is 0.0998. The normalized spacial score (nSPS) is 15.3. The number of rotatable bonds is 10. The summed E-state index contributed by atoms with van der Waals surface area (Å²) in [6.45, 7) is 11.3. The largest absolute Gasteiger partial charge is 0.497 e. The molecule has 0 spiro atoms. The van der Waals surface area contributed by atoms with Gasteiger partial charge >= 0.3 is 0 Å². The van der Waals surface area contributed by atoms with E-state index < -0.39 is 5.91 Å². The summed E-state index contributed by atoms with van der Waals surface area (Å²) in [5.41, 5.74) is 12.5. The molecule has 1 amide bonds. The molecule has 0 aliphatic carbocycles. The first-order chi connectivity index (χ1) is 18.3. The van der Waals surface area contributed by atoms with E-state index in [-0.39, 0.29) is 0 Å². The first-order valence-corrected chi connectivity index (χ1v) is 13.6. The second-order valence-corrected chi connectivity index (χ2v) is 10.5. The Balaban J connectivity index is 1.40. The molecule has 4 rings (SSSR count). The van der Waals surface area contributed by atoms with Crippen molar-refractivity contribution in [1.82, 2.24) is 14.9 Å². The lowest BCUT2D eigenvalue weighted by Crippen LogP contribution is -2.47. The smallest absolute Gasteiger partial charge is 0.250 e. The molecule has 0 saturated carbocycles. The van der Waals surface area contributed by atoms with Crippen molar-refractivity contribution >= 4 is 11.6 Å². The topological polar surface area (TPSA) is 84.6 Å². The number of piperidine rings is 1. The molecule has 1 fully saturated rings. The number of nitrogens with zero attached hydrogens (tertiary/aromatic N) is 4. The number of carbonyl (C=O) groups is 1. The van der Waals surface area contributed by atoms with Crippen LogP contribution >= 0.6 is 0 Å². The van der Waals surface area contributed by atoms with Gasteiger partial charge in [-0.05, 0) is 106 Å². The van der Waals surface area contributed by atoms with Gasteiger partial charge in [-0.3, -0.25) is 14.8 Å². The van der Waals surface area contributed by atoms with Gasteiger partial charge in [-0.2, -0.15) is 0 Å². The fourth-order valence-electron chi connectivity index (χ4n) is 5.64. The van der Waals surface area contributed by atoms with Crippen LogP contribution in [0.1, 0.15) is 64.6 Å². The first kappa shape index (κ1) is 27.6. The molecule has 3 aromatic rings. The van der Waals surface area contributed by atoms with E-state index in [9.17, 15) is 4.79 Å². The van der Waals surface area contributed by atoms with Gasteiger partial charge in [-0.1, -0.05) is 0 Å². The van der Waals surface area contributed by atoms with Crippen molar-refractivity contribution in [3.63, 3.8) is 0 Å². The summed E-state index contributed by atoms with van der Waals surface area (Å²) in [7, 11) is 1.71. The van der Waals surface area contributed by atoms with Crippen LogP contribution in [0, 0.1) is 20.8 Å². The van der Waals surface area contributed by atoms with E-state index in [2.05, 4.69) is 51.8 Å². The number of benzene rings is 1. The number of likely N-dealkylation sites (tertiary alicyclic amines) is 1. The molecule has 7 nitrogen and oxygen atoms in total. The molecule has 1 saturated heterocycles. The first-order valence-electron chi connectivity index (χ1n) is 13.6. The average molecular weight is 516 g/mol. The molecule has 0 bridgehead atoms. The Labute approximate surface area is 227 Å². The third-order valence-corrected chi connectivity index (χ3v) is 7.97. The molecule has 1 aliphatic heterocycles. The molecule has 1 atom stereocenters. The van der Waals surface area contributed by atoms with Crippen molar-refractivity contribution in [1.29, 1.82) is 0 Å². The van der Waals surface area contributed by atoms with E-state index in [0.717, 1.165) is 68.0 Å². The SMILES string of the molecule is COc1ccc(N(Cc2cnccc2C)C2CCN([C@@H](C)CCc3cc(C)c(C(N)=O)c(C)n3)CC2)cc1.